The van der Waals surface area contributed by atoms with Crippen LogP contribution in [0.3, 0.4) is 0 Å². The molecule has 0 spiro atoms. The lowest BCUT2D eigenvalue weighted by Crippen LogP contribution is -2.47. The van der Waals surface area contributed by atoms with Crippen molar-refractivity contribution >= 4 is 34.9 Å². The topological polar surface area (TPSA) is 97.0 Å². The minimum absolute atomic E-state index is 0.0168. The van der Waals surface area contributed by atoms with Crippen LogP contribution < -0.4 is 10.6 Å². The van der Waals surface area contributed by atoms with Crippen LogP contribution in [0.25, 0.3) is 0 Å². The Labute approximate surface area is 219 Å². The first-order valence-electron chi connectivity index (χ1n) is 12.3. The summed E-state index contributed by atoms with van der Waals surface area (Å²) in [5, 5.41) is 7.68. The fraction of sp³-hybridized carbons (Fsp3) is 0.321. The van der Waals surface area contributed by atoms with Crippen molar-refractivity contribution in [2.24, 2.45) is 0 Å². The number of ether oxygens (including phenoxy) is 2. The van der Waals surface area contributed by atoms with Gasteiger partial charge in [0.2, 0.25) is 5.91 Å². The number of rotatable bonds is 8. The second-order valence-electron chi connectivity index (χ2n) is 9.30. The maximum atomic E-state index is 13.4. The molecule has 0 bridgehead atoms. The highest BCUT2D eigenvalue weighted by molar-refractivity contribution is 7.12. The van der Waals surface area contributed by atoms with E-state index in [1.54, 1.807) is 30.3 Å². The number of nitrogens with zero attached hydrogens (tertiary/aromatic N) is 1. The third-order valence-corrected chi connectivity index (χ3v) is 7.43. The minimum atomic E-state index is -0.846. The molecule has 0 aliphatic carbocycles. The number of nitrogens with one attached hydrogen (secondary N) is 2. The van der Waals surface area contributed by atoms with E-state index in [9.17, 15) is 14.4 Å². The molecular weight excluding hydrogens is 490 g/mol. The van der Waals surface area contributed by atoms with Crippen LogP contribution in [0.5, 0.6) is 0 Å². The van der Waals surface area contributed by atoms with E-state index < -0.39 is 18.2 Å². The highest BCUT2D eigenvalue weighted by Crippen LogP contribution is 2.35. The fourth-order valence-electron chi connectivity index (χ4n) is 4.70. The summed E-state index contributed by atoms with van der Waals surface area (Å²) in [5.41, 5.74) is 3.27. The van der Waals surface area contributed by atoms with E-state index >= 15 is 0 Å². The van der Waals surface area contributed by atoms with Crippen LogP contribution in [0.15, 0.2) is 66.0 Å². The Morgan fingerprint density at radius 1 is 1.11 bits per heavy atom. The summed E-state index contributed by atoms with van der Waals surface area (Å²) < 4.78 is 11.4. The average molecular weight is 520 g/mol. The van der Waals surface area contributed by atoms with Gasteiger partial charge in [-0.3, -0.25) is 14.5 Å². The molecule has 37 heavy (non-hydrogen) atoms. The van der Waals surface area contributed by atoms with Gasteiger partial charge >= 0.3 is 6.09 Å². The fourth-order valence-corrected chi connectivity index (χ4v) is 5.32. The molecule has 3 aromatic rings. The number of aryl methyl sites for hydroxylation is 1. The number of carbonyl (C=O) groups is 3. The predicted molar refractivity (Wildman–Crippen MR) is 140 cm³/mol. The molecule has 9 heteroatoms. The lowest BCUT2D eigenvalue weighted by atomic mass is 10.00. The summed E-state index contributed by atoms with van der Waals surface area (Å²) in [4.78, 5) is 40.9. The Morgan fingerprint density at radius 3 is 2.65 bits per heavy atom. The van der Waals surface area contributed by atoms with Gasteiger partial charge in [-0.1, -0.05) is 48.0 Å². The van der Waals surface area contributed by atoms with Crippen LogP contribution >= 0.6 is 11.3 Å². The van der Waals surface area contributed by atoms with Gasteiger partial charge in [0.25, 0.3) is 5.91 Å². The van der Waals surface area contributed by atoms with Crippen molar-refractivity contribution in [3.63, 3.8) is 0 Å². The Balaban J connectivity index is 1.35. The van der Waals surface area contributed by atoms with Gasteiger partial charge in [-0.15, -0.1) is 11.3 Å². The number of hydrogen-bond donors (Lipinski definition) is 2. The Morgan fingerprint density at radius 2 is 1.95 bits per heavy atom. The predicted octanol–water partition coefficient (Wildman–Crippen LogP) is 4.67. The molecule has 0 saturated carbocycles. The number of thiophene rings is 1. The zero-order valence-electron chi connectivity index (χ0n) is 20.5. The molecule has 3 atom stereocenters. The number of amides is 3. The normalized spacial score (nSPS) is 21.1. The lowest BCUT2D eigenvalue weighted by molar-refractivity contribution is -0.126. The third kappa shape index (κ3) is 5.84. The van der Waals surface area contributed by atoms with Crippen molar-refractivity contribution in [2.45, 2.75) is 44.6 Å². The second kappa shape index (κ2) is 11.1. The Hall–Kier alpha value is -3.69. The van der Waals surface area contributed by atoms with Gasteiger partial charge in [0, 0.05) is 18.8 Å². The maximum absolute atomic E-state index is 13.4. The van der Waals surface area contributed by atoms with Gasteiger partial charge in [0.15, 0.2) is 12.1 Å². The standard InChI is InChI=1S/C28H29N3O5S/c1-18-5-2-6-19(15-18)17-31-24(27(33)29-16-22-7-3-13-35-22)25(36-28(31)34)20-9-11-21(12-10-20)30-26(32)23-8-4-14-37-23/h2,4-6,8-12,14-15,22,24-25H,3,7,13,16-17H2,1H3,(H,29,33)(H,30,32)/t22-,24+,25+/m0/s1. The van der Waals surface area contributed by atoms with Gasteiger partial charge < -0.3 is 20.1 Å². The molecule has 3 amide bonds. The van der Waals surface area contributed by atoms with Gasteiger partial charge in [-0.2, -0.15) is 0 Å². The van der Waals surface area contributed by atoms with Crippen LogP contribution in [0.2, 0.25) is 0 Å². The first-order chi connectivity index (χ1) is 18.0. The minimum Gasteiger partial charge on any atom is -0.438 e. The van der Waals surface area contributed by atoms with E-state index in [0.29, 0.717) is 29.3 Å². The molecule has 5 rings (SSSR count). The van der Waals surface area contributed by atoms with E-state index in [4.69, 9.17) is 9.47 Å². The molecule has 3 heterocycles. The average Bonchev–Trinajstić information content (AvgIpc) is 3.66. The maximum Gasteiger partial charge on any atom is 0.411 e. The molecule has 2 fully saturated rings. The van der Waals surface area contributed by atoms with Crippen LogP contribution in [-0.2, 0) is 20.8 Å². The van der Waals surface area contributed by atoms with Crippen molar-refractivity contribution in [3.05, 3.63) is 87.6 Å². The molecule has 0 unspecified atom stereocenters. The molecule has 2 aromatic carbocycles. The Bertz CT molecular complexity index is 1260. The molecule has 8 nitrogen and oxygen atoms in total. The summed E-state index contributed by atoms with van der Waals surface area (Å²) in [6.45, 7) is 3.33. The number of benzene rings is 2. The summed E-state index contributed by atoms with van der Waals surface area (Å²) >= 11 is 1.36. The number of cyclic esters (lactones) is 1. The van der Waals surface area contributed by atoms with E-state index in [-0.39, 0.29) is 24.5 Å². The molecule has 2 saturated heterocycles. The Kier molecular flexibility index (Phi) is 7.52. The second-order valence-corrected chi connectivity index (χ2v) is 10.2. The number of anilines is 1. The van der Waals surface area contributed by atoms with Crippen LogP contribution in [0.4, 0.5) is 10.5 Å². The zero-order valence-corrected chi connectivity index (χ0v) is 21.3. The largest absolute Gasteiger partial charge is 0.438 e. The highest BCUT2D eigenvalue weighted by Gasteiger charge is 2.47. The highest BCUT2D eigenvalue weighted by atomic mass is 32.1. The molecular formula is C28H29N3O5S. The van der Waals surface area contributed by atoms with Crippen molar-refractivity contribution in [1.82, 2.24) is 10.2 Å². The molecule has 2 aliphatic rings. The summed E-state index contributed by atoms with van der Waals surface area (Å²) in [5.74, 6) is -0.472. The molecule has 0 radical (unpaired) electrons. The molecule has 1 aromatic heterocycles. The third-order valence-electron chi connectivity index (χ3n) is 6.56. The van der Waals surface area contributed by atoms with Crippen LogP contribution in [-0.4, -0.2) is 48.1 Å². The summed E-state index contributed by atoms with van der Waals surface area (Å²) in [6.07, 6.45) is 0.526. The summed E-state index contributed by atoms with van der Waals surface area (Å²) in [6, 6.07) is 17.6. The molecule has 2 N–H and O–H groups in total. The first-order valence-corrected chi connectivity index (χ1v) is 13.2. The zero-order chi connectivity index (χ0) is 25.8. The van der Waals surface area contributed by atoms with E-state index in [1.807, 2.05) is 42.6 Å². The van der Waals surface area contributed by atoms with Crippen molar-refractivity contribution in [1.29, 1.82) is 0 Å². The number of carbonyl (C=O) groups excluding carboxylic acids is 3. The van der Waals surface area contributed by atoms with Gasteiger partial charge in [0.1, 0.15) is 0 Å². The summed E-state index contributed by atoms with van der Waals surface area (Å²) in [7, 11) is 0. The van der Waals surface area contributed by atoms with Crippen molar-refractivity contribution < 1.29 is 23.9 Å². The van der Waals surface area contributed by atoms with E-state index in [2.05, 4.69) is 10.6 Å². The van der Waals surface area contributed by atoms with Crippen molar-refractivity contribution in [3.8, 4) is 0 Å². The monoisotopic (exact) mass is 519 g/mol. The van der Waals surface area contributed by atoms with Gasteiger partial charge in [-0.05, 0) is 54.5 Å². The van der Waals surface area contributed by atoms with Gasteiger partial charge in [-0.25, -0.2) is 4.79 Å². The smallest absolute Gasteiger partial charge is 0.411 e. The van der Waals surface area contributed by atoms with E-state index in [1.165, 1.54) is 16.2 Å². The molecule has 2 aliphatic heterocycles. The van der Waals surface area contributed by atoms with Crippen LogP contribution in [0, 0.1) is 6.92 Å². The molecule has 192 valence electrons. The lowest BCUT2D eigenvalue weighted by Gasteiger charge is -2.25. The quantitative estimate of drug-likeness (QED) is 0.451. The van der Waals surface area contributed by atoms with Gasteiger partial charge in [0.05, 0.1) is 17.5 Å². The van der Waals surface area contributed by atoms with Crippen molar-refractivity contribution in [2.75, 3.05) is 18.5 Å². The first kappa shape index (κ1) is 25.0. The van der Waals surface area contributed by atoms with E-state index in [0.717, 1.165) is 24.0 Å². The number of hydrogen-bond acceptors (Lipinski definition) is 6. The van der Waals surface area contributed by atoms with Crippen LogP contribution in [0.1, 0.15) is 45.3 Å². The SMILES string of the molecule is Cc1cccc(CN2C(=O)O[C@H](c3ccc(NC(=O)c4cccs4)cc3)[C@@H]2C(=O)NC[C@@H]2CCCO2)c1.